The maximum atomic E-state index is 13.1. The summed E-state index contributed by atoms with van der Waals surface area (Å²) < 4.78 is 68.2. The van der Waals surface area contributed by atoms with Crippen molar-refractivity contribution < 1.29 is 80.2 Å². The molecule has 0 spiro atoms. The summed E-state index contributed by atoms with van der Waals surface area (Å²) in [5, 5.41) is 10.6. The molecule has 0 aromatic heterocycles. The molecule has 0 aromatic rings. The smallest absolute Gasteiger partial charge is 0.462 e. The molecule has 19 heteroatoms. The van der Waals surface area contributed by atoms with Gasteiger partial charge < -0.3 is 33.8 Å². The zero-order valence-electron chi connectivity index (χ0n) is 60.7. The molecule has 0 aliphatic carbocycles. The van der Waals surface area contributed by atoms with E-state index in [-0.39, 0.29) is 25.7 Å². The van der Waals surface area contributed by atoms with Crippen molar-refractivity contribution in [2.75, 3.05) is 39.6 Å². The SMILES string of the molecule is CCCCCCCC(=O)OC[C@H](COP(=O)(O)OC[C@H](O)COP(=O)(O)OC[C@@H](COC(=O)CCCCCCCCCCCCCCC(C)C)OC(=O)CCCCCCCCCCCCCCCCCCC(C)C)OC(=O)CCCCCCCCCCCCC(C)CC. The Kier molecular flexibility index (Phi) is 63.4. The molecule has 6 atom stereocenters. The van der Waals surface area contributed by atoms with Gasteiger partial charge in [0.25, 0.3) is 0 Å². The first-order chi connectivity index (χ1) is 44.8. The van der Waals surface area contributed by atoms with Crippen LogP contribution in [0.1, 0.15) is 376 Å². The summed E-state index contributed by atoms with van der Waals surface area (Å²) in [6.07, 6.45) is 50.3. The van der Waals surface area contributed by atoms with Crippen molar-refractivity contribution in [1.29, 1.82) is 0 Å². The van der Waals surface area contributed by atoms with Crippen molar-refractivity contribution in [3.8, 4) is 0 Å². The van der Waals surface area contributed by atoms with Crippen molar-refractivity contribution in [1.82, 2.24) is 0 Å². The third-order valence-electron chi connectivity index (χ3n) is 17.5. The first kappa shape index (κ1) is 91.1. The molecule has 0 saturated heterocycles. The van der Waals surface area contributed by atoms with Crippen LogP contribution in [0.15, 0.2) is 0 Å². The average Bonchev–Trinajstić information content (AvgIpc) is 1.71. The second-order valence-corrected chi connectivity index (χ2v) is 30.8. The van der Waals surface area contributed by atoms with Crippen molar-refractivity contribution in [3.63, 3.8) is 0 Å². The average molecular weight is 1370 g/mol. The Balaban J connectivity index is 5.15. The van der Waals surface area contributed by atoms with Gasteiger partial charge in [-0.3, -0.25) is 37.3 Å². The summed E-state index contributed by atoms with van der Waals surface area (Å²) in [6, 6.07) is 0. The standard InChI is InChI=1S/C74H144O17P2/c1-8-10-11-38-48-55-71(76)84-61-69(90-73(78)58-51-44-37-31-25-24-28-34-41-47-54-67(7)9-2)63-88-92(80,81)86-59-68(75)60-87-93(82,83)89-64-70(62-85-72(77)56-49-42-35-29-22-19-18-21-27-33-40-46-53-66(5)6)91-74(79)57-50-43-36-30-23-17-15-13-12-14-16-20-26-32-39-45-52-65(3)4/h65-70,75H,8-64H2,1-7H3,(H,80,81)(H,82,83)/t67?,68-,69+,70+/m0/s1. The topological polar surface area (TPSA) is 237 Å². The molecule has 0 aliphatic heterocycles. The summed E-state index contributed by atoms with van der Waals surface area (Å²) in [7, 11) is -9.90. The summed E-state index contributed by atoms with van der Waals surface area (Å²) in [4.78, 5) is 72.5. The maximum Gasteiger partial charge on any atom is 0.472 e. The van der Waals surface area contributed by atoms with Crippen LogP contribution in [-0.2, 0) is 65.4 Å². The lowest BCUT2D eigenvalue weighted by Crippen LogP contribution is -2.30. The van der Waals surface area contributed by atoms with E-state index in [1.165, 1.54) is 180 Å². The highest BCUT2D eigenvalue weighted by molar-refractivity contribution is 7.47. The minimum Gasteiger partial charge on any atom is -0.462 e. The molecule has 0 bridgehead atoms. The van der Waals surface area contributed by atoms with Crippen LogP contribution in [0.4, 0.5) is 0 Å². The first-order valence-electron chi connectivity index (χ1n) is 38.4. The molecule has 0 radical (unpaired) electrons. The number of aliphatic hydroxyl groups is 1. The van der Waals surface area contributed by atoms with Gasteiger partial charge in [0.05, 0.1) is 26.4 Å². The Hall–Kier alpha value is -1.94. The van der Waals surface area contributed by atoms with Crippen LogP contribution in [0.2, 0.25) is 0 Å². The molecule has 0 aromatic carbocycles. The van der Waals surface area contributed by atoms with Gasteiger partial charge in [-0.15, -0.1) is 0 Å². The Bertz CT molecular complexity index is 1820. The molecule has 17 nitrogen and oxygen atoms in total. The highest BCUT2D eigenvalue weighted by Crippen LogP contribution is 2.45. The fourth-order valence-corrected chi connectivity index (χ4v) is 12.8. The predicted molar refractivity (Wildman–Crippen MR) is 377 cm³/mol. The minimum absolute atomic E-state index is 0.105. The quantitative estimate of drug-likeness (QED) is 0.0222. The lowest BCUT2D eigenvalue weighted by Gasteiger charge is -2.21. The highest BCUT2D eigenvalue weighted by Gasteiger charge is 2.30. The van der Waals surface area contributed by atoms with Crippen LogP contribution in [0.3, 0.4) is 0 Å². The lowest BCUT2D eigenvalue weighted by molar-refractivity contribution is -0.161. The van der Waals surface area contributed by atoms with Crippen LogP contribution in [0, 0.1) is 17.8 Å². The number of esters is 4. The molecule has 552 valence electrons. The van der Waals surface area contributed by atoms with Crippen LogP contribution in [0.5, 0.6) is 0 Å². The number of carbonyl (C=O) groups is 4. The number of hydrogen-bond donors (Lipinski definition) is 3. The monoisotopic (exact) mass is 1370 g/mol. The maximum absolute atomic E-state index is 13.1. The molecule has 93 heavy (non-hydrogen) atoms. The number of rotatable bonds is 72. The third-order valence-corrected chi connectivity index (χ3v) is 19.4. The van der Waals surface area contributed by atoms with Crippen molar-refractivity contribution in [2.24, 2.45) is 17.8 Å². The van der Waals surface area contributed by atoms with E-state index < -0.39 is 97.5 Å². The van der Waals surface area contributed by atoms with E-state index in [2.05, 4.69) is 48.5 Å². The third kappa shape index (κ3) is 67.0. The van der Waals surface area contributed by atoms with E-state index in [9.17, 15) is 43.2 Å². The molecule has 3 unspecified atom stereocenters. The van der Waals surface area contributed by atoms with E-state index in [1.807, 2.05) is 0 Å². The fraction of sp³-hybridized carbons (Fsp3) is 0.946. The Morgan fingerprint density at radius 1 is 0.312 bits per heavy atom. The number of unbranched alkanes of at least 4 members (excludes halogenated alkanes) is 39. The lowest BCUT2D eigenvalue weighted by atomic mass is 9.99. The molecule has 0 heterocycles. The number of carbonyl (C=O) groups excluding carboxylic acids is 4. The summed E-state index contributed by atoms with van der Waals surface area (Å²) in [5.41, 5.74) is 0. The Morgan fingerprint density at radius 3 is 0.817 bits per heavy atom. The van der Waals surface area contributed by atoms with E-state index in [0.29, 0.717) is 25.7 Å². The number of ether oxygens (including phenoxy) is 4. The molecule has 0 saturated carbocycles. The summed E-state index contributed by atoms with van der Waals surface area (Å²) >= 11 is 0. The van der Waals surface area contributed by atoms with Crippen LogP contribution >= 0.6 is 15.6 Å². The molecule has 0 amide bonds. The van der Waals surface area contributed by atoms with Gasteiger partial charge in [0, 0.05) is 25.7 Å². The van der Waals surface area contributed by atoms with Crippen molar-refractivity contribution in [2.45, 2.75) is 394 Å². The molecular formula is C74H144O17P2. The number of phosphoric acid groups is 2. The second-order valence-electron chi connectivity index (χ2n) is 27.9. The minimum atomic E-state index is -4.95. The van der Waals surface area contributed by atoms with Crippen LogP contribution in [-0.4, -0.2) is 96.7 Å². The zero-order chi connectivity index (χ0) is 68.7. The van der Waals surface area contributed by atoms with Gasteiger partial charge >= 0.3 is 39.5 Å². The van der Waals surface area contributed by atoms with E-state index >= 15 is 0 Å². The summed E-state index contributed by atoms with van der Waals surface area (Å²) in [5.74, 6) is 0.263. The molecule has 0 fully saturated rings. The number of hydrogen-bond acceptors (Lipinski definition) is 15. The van der Waals surface area contributed by atoms with Gasteiger partial charge in [-0.05, 0) is 43.4 Å². The highest BCUT2D eigenvalue weighted by atomic mass is 31.2. The second kappa shape index (κ2) is 64.7. The number of phosphoric ester groups is 2. The van der Waals surface area contributed by atoms with Crippen molar-refractivity contribution in [3.05, 3.63) is 0 Å². The largest absolute Gasteiger partial charge is 0.472 e. The normalized spacial score (nSPS) is 14.4. The van der Waals surface area contributed by atoms with Crippen LogP contribution in [0.25, 0.3) is 0 Å². The number of aliphatic hydroxyl groups excluding tert-OH is 1. The summed E-state index contributed by atoms with van der Waals surface area (Å²) in [6.45, 7) is 11.9. The zero-order valence-corrected chi connectivity index (χ0v) is 62.5. The van der Waals surface area contributed by atoms with Gasteiger partial charge in [-0.25, -0.2) is 9.13 Å². The Morgan fingerprint density at radius 2 is 0.548 bits per heavy atom. The predicted octanol–water partition coefficient (Wildman–Crippen LogP) is 21.4. The Labute approximate surface area is 568 Å². The molecule has 0 rings (SSSR count). The van der Waals surface area contributed by atoms with Gasteiger partial charge in [0.2, 0.25) is 0 Å². The van der Waals surface area contributed by atoms with Gasteiger partial charge in [-0.2, -0.15) is 0 Å². The van der Waals surface area contributed by atoms with Gasteiger partial charge in [0.15, 0.2) is 12.2 Å². The van der Waals surface area contributed by atoms with E-state index in [1.54, 1.807) is 0 Å². The van der Waals surface area contributed by atoms with E-state index in [0.717, 1.165) is 114 Å². The fourth-order valence-electron chi connectivity index (χ4n) is 11.2. The molecule has 3 N–H and O–H groups in total. The van der Waals surface area contributed by atoms with Gasteiger partial charge in [0.1, 0.15) is 19.3 Å². The van der Waals surface area contributed by atoms with Crippen LogP contribution < -0.4 is 0 Å². The molecule has 0 aliphatic rings. The first-order valence-corrected chi connectivity index (χ1v) is 41.4. The molecular weight excluding hydrogens is 1220 g/mol. The van der Waals surface area contributed by atoms with Crippen molar-refractivity contribution >= 4 is 39.5 Å². The van der Waals surface area contributed by atoms with Gasteiger partial charge in [-0.1, -0.05) is 325 Å². The van der Waals surface area contributed by atoms with E-state index in [4.69, 9.17) is 37.0 Å².